The van der Waals surface area contributed by atoms with Crippen molar-refractivity contribution in [3.8, 4) is 16.3 Å². The Morgan fingerprint density at radius 1 is 1.12 bits per heavy atom. The first-order chi connectivity index (χ1) is 11.6. The fourth-order valence-corrected chi connectivity index (χ4v) is 3.41. The number of nitrogens with zero attached hydrogens (tertiary/aromatic N) is 2. The molecule has 5 nitrogen and oxygen atoms in total. The van der Waals surface area contributed by atoms with E-state index in [2.05, 4.69) is 15.5 Å². The van der Waals surface area contributed by atoms with Gasteiger partial charge in [0.1, 0.15) is 5.01 Å². The molecule has 1 N–H and O–H groups in total. The van der Waals surface area contributed by atoms with Gasteiger partial charge in [-0.25, -0.2) is 0 Å². The third-order valence-electron chi connectivity index (χ3n) is 3.13. The second-order valence-electron chi connectivity index (χ2n) is 4.71. The summed E-state index contributed by atoms with van der Waals surface area (Å²) in [4.78, 5) is 12.3. The Kier molecular flexibility index (Phi) is 4.99. The number of hydrogen-bond acceptors (Lipinski definition) is 5. The molecule has 0 aliphatic heterocycles. The molecule has 1 aromatic heterocycles. The van der Waals surface area contributed by atoms with Crippen molar-refractivity contribution in [2.24, 2.45) is 0 Å². The number of carbonyl (C=O) groups is 1. The number of methoxy groups -OCH3 is 1. The first kappa shape index (κ1) is 16.7. The minimum Gasteiger partial charge on any atom is -0.494 e. The smallest absolute Gasteiger partial charge is 0.257 e. The lowest BCUT2D eigenvalue weighted by Gasteiger charge is -2.08. The van der Waals surface area contributed by atoms with Crippen LogP contribution in [0, 0.1) is 0 Å². The van der Waals surface area contributed by atoms with Gasteiger partial charge in [-0.05, 0) is 12.1 Å². The molecule has 0 spiro atoms. The van der Waals surface area contributed by atoms with Crippen LogP contribution in [0.25, 0.3) is 10.6 Å². The number of carbonyl (C=O) groups excluding carboxylic acids is 1. The number of halogens is 2. The van der Waals surface area contributed by atoms with E-state index in [1.54, 1.807) is 0 Å². The zero-order chi connectivity index (χ0) is 17.1. The highest BCUT2D eigenvalue weighted by atomic mass is 35.5. The van der Waals surface area contributed by atoms with Crippen molar-refractivity contribution >= 4 is 45.6 Å². The van der Waals surface area contributed by atoms with Crippen LogP contribution in [0.15, 0.2) is 42.5 Å². The standard InChI is InChI=1S/C16H11Cl2N3O2S/c1-23-13-11(17)7-10(8-12(13)18)14(22)19-16-21-20-15(24-16)9-5-3-2-4-6-9/h2-8H,1H3,(H,19,21,22). The number of amides is 1. The topological polar surface area (TPSA) is 64.1 Å². The molecule has 0 saturated carbocycles. The van der Waals surface area contributed by atoms with Crippen LogP contribution in [0.3, 0.4) is 0 Å². The average Bonchev–Trinajstić information content (AvgIpc) is 3.04. The zero-order valence-corrected chi connectivity index (χ0v) is 14.7. The van der Waals surface area contributed by atoms with Gasteiger partial charge in [0.2, 0.25) is 5.13 Å². The Balaban J connectivity index is 1.80. The maximum absolute atomic E-state index is 12.3. The van der Waals surface area contributed by atoms with Crippen molar-refractivity contribution in [2.75, 3.05) is 12.4 Å². The van der Waals surface area contributed by atoms with Gasteiger partial charge in [-0.1, -0.05) is 64.9 Å². The summed E-state index contributed by atoms with van der Waals surface area (Å²) in [5, 5.41) is 12.4. The number of nitrogens with one attached hydrogen (secondary N) is 1. The van der Waals surface area contributed by atoms with Gasteiger partial charge in [0, 0.05) is 11.1 Å². The van der Waals surface area contributed by atoms with E-state index in [0.717, 1.165) is 10.6 Å². The van der Waals surface area contributed by atoms with E-state index in [4.69, 9.17) is 27.9 Å². The Hall–Kier alpha value is -2.15. The fourth-order valence-electron chi connectivity index (χ4n) is 2.03. The van der Waals surface area contributed by atoms with Gasteiger partial charge >= 0.3 is 0 Å². The quantitative estimate of drug-likeness (QED) is 0.708. The van der Waals surface area contributed by atoms with Crippen LogP contribution in [0.2, 0.25) is 10.0 Å². The molecule has 0 fully saturated rings. The molecule has 0 aliphatic carbocycles. The molecular weight excluding hydrogens is 369 g/mol. The van der Waals surface area contributed by atoms with Gasteiger partial charge < -0.3 is 4.74 Å². The van der Waals surface area contributed by atoms with E-state index >= 15 is 0 Å². The lowest BCUT2D eigenvalue weighted by Crippen LogP contribution is -2.12. The molecule has 2 aromatic carbocycles. The van der Waals surface area contributed by atoms with E-state index in [0.29, 0.717) is 16.4 Å². The Bertz CT molecular complexity index is 861. The second-order valence-corrected chi connectivity index (χ2v) is 6.50. The molecular formula is C16H11Cl2N3O2S. The number of anilines is 1. The molecule has 0 unspecified atom stereocenters. The second kappa shape index (κ2) is 7.17. The van der Waals surface area contributed by atoms with E-state index in [-0.39, 0.29) is 16.0 Å². The van der Waals surface area contributed by atoms with Gasteiger partial charge in [0.25, 0.3) is 5.91 Å². The molecule has 122 valence electrons. The summed E-state index contributed by atoms with van der Waals surface area (Å²) < 4.78 is 5.07. The molecule has 0 atom stereocenters. The van der Waals surface area contributed by atoms with Crippen molar-refractivity contribution < 1.29 is 9.53 Å². The van der Waals surface area contributed by atoms with Gasteiger partial charge in [-0.15, -0.1) is 10.2 Å². The van der Waals surface area contributed by atoms with E-state index < -0.39 is 0 Å². The molecule has 1 heterocycles. The van der Waals surface area contributed by atoms with E-state index in [1.165, 1.54) is 30.6 Å². The monoisotopic (exact) mass is 379 g/mol. The first-order valence-electron chi connectivity index (χ1n) is 6.82. The van der Waals surface area contributed by atoms with Gasteiger partial charge in [0.15, 0.2) is 5.75 Å². The number of benzene rings is 2. The van der Waals surface area contributed by atoms with Gasteiger partial charge in [-0.2, -0.15) is 0 Å². The summed E-state index contributed by atoms with van der Waals surface area (Å²) in [6.07, 6.45) is 0. The van der Waals surface area contributed by atoms with E-state index in [1.807, 2.05) is 30.3 Å². The summed E-state index contributed by atoms with van der Waals surface area (Å²) in [6.45, 7) is 0. The number of rotatable bonds is 4. The number of hydrogen-bond donors (Lipinski definition) is 1. The maximum Gasteiger partial charge on any atom is 0.257 e. The summed E-state index contributed by atoms with van der Waals surface area (Å²) in [6, 6.07) is 12.6. The van der Waals surface area contributed by atoms with Crippen molar-refractivity contribution in [1.82, 2.24) is 10.2 Å². The van der Waals surface area contributed by atoms with Crippen molar-refractivity contribution in [2.45, 2.75) is 0 Å². The lowest BCUT2D eigenvalue weighted by atomic mass is 10.2. The molecule has 1 amide bonds. The molecule has 0 aliphatic rings. The molecule has 3 rings (SSSR count). The largest absolute Gasteiger partial charge is 0.494 e. The predicted molar refractivity (Wildman–Crippen MR) is 96.3 cm³/mol. The Morgan fingerprint density at radius 2 is 1.79 bits per heavy atom. The minimum atomic E-state index is -0.378. The highest BCUT2D eigenvalue weighted by molar-refractivity contribution is 7.18. The van der Waals surface area contributed by atoms with Crippen LogP contribution in [0.4, 0.5) is 5.13 Å². The number of aromatic nitrogens is 2. The first-order valence-corrected chi connectivity index (χ1v) is 8.39. The summed E-state index contributed by atoms with van der Waals surface area (Å²) in [5.74, 6) is -0.0469. The normalized spacial score (nSPS) is 10.5. The van der Waals surface area contributed by atoms with Crippen molar-refractivity contribution in [3.63, 3.8) is 0 Å². The van der Waals surface area contributed by atoms with Crippen LogP contribution in [-0.4, -0.2) is 23.2 Å². The Labute approximate surface area is 152 Å². The van der Waals surface area contributed by atoms with Crippen LogP contribution >= 0.6 is 34.5 Å². The summed E-state index contributed by atoms with van der Waals surface area (Å²) in [5.41, 5.74) is 1.24. The molecule has 3 aromatic rings. The fraction of sp³-hybridized carbons (Fsp3) is 0.0625. The van der Waals surface area contributed by atoms with Crippen LogP contribution < -0.4 is 10.1 Å². The highest BCUT2D eigenvalue weighted by Gasteiger charge is 2.15. The number of ether oxygens (including phenoxy) is 1. The molecule has 8 heteroatoms. The van der Waals surface area contributed by atoms with Crippen LogP contribution in [-0.2, 0) is 0 Å². The van der Waals surface area contributed by atoms with Crippen LogP contribution in [0.5, 0.6) is 5.75 Å². The SMILES string of the molecule is COc1c(Cl)cc(C(=O)Nc2nnc(-c3ccccc3)s2)cc1Cl. The summed E-state index contributed by atoms with van der Waals surface area (Å²) in [7, 11) is 1.46. The molecule has 0 bridgehead atoms. The average molecular weight is 380 g/mol. The summed E-state index contributed by atoms with van der Waals surface area (Å²) >= 11 is 13.4. The third-order valence-corrected chi connectivity index (χ3v) is 4.58. The maximum atomic E-state index is 12.3. The van der Waals surface area contributed by atoms with Gasteiger partial charge in [0.05, 0.1) is 17.2 Å². The highest BCUT2D eigenvalue weighted by Crippen LogP contribution is 2.34. The third kappa shape index (κ3) is 3.51. The van der Waals surface area contributed by atoms with Crippen molar-refractivity contribution in [1.29, 1.82) is 0 Å². The minimum absolute atomic E-state index is 0.261. The molecule has 0 radical (unpaired) electrons. The van der Waals surface area contributed by atoms with Crippen LogP contribution in [0.1, 0.15) is 10.4 Å². The van der Waals surface area contributed by atoms with E-state index in [9.17, 15) is 4.79 Å². The predicted octanol–water partition coefficient (Wildman–Crippen LogP) is 4.77. The Morgan fingerprint density at radius 3 is 2.42 bits per heavy atom. The van der Waals surface area contributed by atoms with Gasteiger partial charge in [-0.3, -0.25) is 10.1 Å². The molecule has 0 saturated heterocycles. The van der Waals surface area contributed by atoms with Crippen molar-refractivity contribution in [3.05, 3.63) is 58.1 Å². The lowest BCUT2D eigenvalue weighted by molar-refractivity contribution is 0.102. The molecule has 24 heavy (non-hydrogen) atoms. The zero-order valence-electron chi connectivity index (χ0n) is 12.4.